The van der Waals surface area contributed by atoms with Gasteiger partial charge in [-0.3, -0.25) is 4.79 Å². The van der Waals surface area contributed by atoms with Gasteiger partial charge in [0.05, 0.1) is 0 Å². The van der Waals surface area contributed by atoms with Gasteiger partial charge in [-0.1, -0.05) is 42.5 Å². The van der Waals surface area contributed by atoms with Crippen molar-refractivity contribution in [2.45, 2.75) is 0 Å². The van der Waals surface area contributed by atoms with Crippen LogP contribution in [0.3, 0.4) is 0 Å². The maximum Gasteiger partial charge on any atom is 0.255 e. The summed E-state index contributed by atoms with van der Waals surface area (Å²) in [7, 11) is 0. The molecule has 0 aromatic heterocycles. The minimum Gasteiger partial charge on any atom is -0.368 e. The zero-order chi connectivity index (χ0) is 26.8. The second-order valence-corrected chi connectivity index (χ2v) is 8.84. The van der Waals surface area contributed by atoms with Crippen LogP contribution in [-0.2, 0) is 0 Å². The number of nitrogens with zero attached hydrogens (tertiary/aromatic N) is 2. The normalized spacial score (nSPS) is 13.5. The predicted molar refractivity (Wildman–Crippen MR) is 137 cm³/mol. The van der Waals surface area contributed by atoms with Gasteiger partial charge in [0, 0.05) is 43.1 Å². The number of amides is 1. The number of hydrogen-bond acceptors (Lipinski definition) is 3. The van der Waals surface area contributed by atoms with Gasteiger partial charge in [0.2, 0.25) is 5.82 Å². The Morgan fingerprint density at radius 2 is 1.08 bits per heavy atom. The lowest BCUT2D eigenvalue weighted by Gasteiger charge is -2.37. The zero-order valence-electron chi connectivity index (χ0n) is 20.0. The van der Waals surface area contributed by atoms with Crippen LogP contribution in [0.1, 0.15) is 10.4 Å². The van der Waals surface area contributed by atoms with Crippen molar-refractivity contribution in [3.63, 3.8) is 0 Å². The van der Waals surface area contributed by atoms with E-state index in [4.69, 9.17) is 0 Å². The number of carbonyl (C=O) groups excluding carboxylic acids is 1. The SMILES string of the molecule is O=C(Nc1ccc(N2CCN(c3c(F)c(F)c(F)c(F)c3F)CC2)cc1)c1ccc(-c2ccccc2)cc1. The largest absolute Gasteiger partial charge is 0.368 e. The first kappa shape index (κ1) is 25.3. The van der Waals surface area contributed by atoms with Crippen LogP contribution in [0, 0.1) is 29.1 Å². The molecule has 4 nitrogen and oxygen atoms in total. The summed E-state index contributed by atoms with van der Waals surface area (Å²) >= 11 is 0. The van der Waals surface area contributed by atoms with E-state index in [0.29, 0.717) is 24.3 Å². The van der Waals surface area contributed by atoms with E-state index in [1.807, 2.05) is 47.4 Å². The molecule has 194 valence electrons. The summed E-state index contributed by atoms with van der Waals surface area (Å²) in [5.74, 6) is -9.99. The molecule has 9 heteroatoms. The molecule has 1 amide bonds. The van der Waals surface area contributed by atoms with Crippen molar-refractivity contribution >= 4 is 23.0 Å². The van der Waals surface area contributed by atoms with Gasteiger partial charge in [0.25, 0.3) is 5.91 Å². The fraction of sp³-hybridized carbons (Fsp3) is 0.138. The van der Waals surface area contributed by atoms with Gasteiger partial charge >= 0.3 is 0 Å². The van der Waals surface area contributed by atoms with Crippen LogP contribution in [0.5, 0.6) is 0 Å². The molecular weight excluding hydrogens is 501 g/mol. The number of benzene rings is 4. The molecule has 0 spiro atoms. The molecule has 0 bridgehead atoms. The van der Waals surface area contributed by atoms with Crippen molar-refractivity contribution in [3.05, 3.63) is 114 Å². The molecule has 0 saturated carbocycles. The number of carbonyl (C=O) groups is 1. The topological polar surface area (TPSA) is 35.6 Å². The molecule has 0 aliphatic carbocycles. The van der Waals surface area contributed by atoms with Gasteiger partial charge in [-0.2, -0.15) is 0 Å². The number of rotatable bonds is 5. The Hall–Kier alpha value is -4.40. The van der Waals surface area contributed by atoms with Crippen molar-refractivity contribution in [1.29, 1.82) is 0 Å². The Labute approximate surface area is 215 Å². The molecule has 0 radical (unpaired) electrons. The number of nitrogens with one attached hydrogen (secondary N) is 1. The lowest BCUT2D eigenvalue weighted by Crippen LogP contribution is -2.47. The molecule has 4 aromatic rings. The Kier molecular flexibility index (Phi) is 7.00. The highest BCUT2D eigenvalue weighted by Crippen LogP contribution is 2.31. The van der Waals surface area contributed by atoms with Crippen LogP contribution in [0.15, 0.2) is 78.9 Å². The molecule has 5 rings (SSSR count). The van der Waals surface area contributed by atoms with Gasteiger partial charge < -0.3 is 15.1 Å². The third kappa shape index (κ3) is 4.91. The summed E-state index contributed by atoms with van der Waals surface area (Å²) in [6, 6.07) is 24.2. The highest BCUT2D eigenvalue weighted by Gasteiger charge is 2.30. The highest BCUT2D eigenvalue weighted by molar-refractivity contribution is 6.04. The smallest absolute Gasteiger partial charge is 0.255 e. The molecule has 1 N–H and O–H groups in total. The van der Waals surface area contributed by atoms with Crippen LogP contribution in [-0.4, -0.2) is 32.1 Å². The van der Waals surface area contributed by atoms with Crippen LogP contribution in [0.2, 0.25) is 0 Å². The van der Waals surface area contributed by atoms with E-state index in [9.17, 15) is 26.7 Å². The predicted octanol–water partition coefficient (Wildman–Crippen LogP) is 6.63. The number of piperazine rings is 1. The second kappa shape index (κ2) is 10.5. The first-order chi connectivity index (χ1) is 18.3. The van der Waals surface area contributed by atoms with Gasteiger partial charge in [0.1, 0.15) is 5.69 Å². The molecule has 1 aliphatic rings. The number of halogens is 5. The quantitative estimate of drug-likeness (QED) is 0.181. The Bertz CT molecular complexity index is 1420. The van der Waals surface area contributed by atoms with E-state index in [2.05, 4.69) is 5.32 Å². The van der Waals surface area contributed by atoms with Crippen LogP contribution >= 0.6 is 0 Å². The standard InChI is InChI=1S/C29H22F5N3O/c30-23-24(31)26(33)28(27(34)25(23)32)37-16-14-36(15-17-37)22-12-10-21(11-13-22)35-29(38)20-8-6-19(7-9-20)18-4-2-1-3-5-18/h1-13H,14-17H2,(H,35,38). The van der Waals surface area contributed by atoms with Crippen molar-refractivity contribution in [1.82, 2.24) is 0 Å². The monoisotopic (exact) mass is 523 g/mol. The van der Waals surface area contributed by atoms with E-state index in [-0.39, 0.29) is 19.0 Å². The first-order valence-electron chi connectivity index (χ1n) is 11.9. The summed E-state index contributed by atoms with van der Waals surface area (Å²) in [6.07, 6.45) is 0. The van der Waals surface area contributed by atoms with Gasteiger partial charge in [-0.15, -0.1) is 0 Å². The maximum atomic E-state index is 14.2. The Morgan fingerprint density at radius 1 is 0.579 bits per heavy atom. The van der Waals surface area contributed by atoms with E-state index >= 15 is 0 Å². The number of anilines is 3. The van der Waals surface area contributed by atoms with E-state index < -0.39 is 34.8 Å². The van der Waals surface area contributed by atoms with Gasteiger partial charge in [-0.25, -0.2) is 22.0 Å². The zero-order valence-corrected chi connectivity index (χ0v) is 20.0. The van der Waals surface area contributed by atoms with Crippen LogP contribution < -0.4 is 15.1 Å². The average molecular weight is 524 g/mol. The van der Waals surface area contributed by atoms with E-state index in [1.165, 1.54) is 0 Å². The minimum absolute atomic E-state index is 0.0653. The first-order valence-corrected chi connectivity index (χ1v) is 11.9. The summed E-state index contributed by atoms with van der Waals surface area (Å²) in [6.45, 7) is 0.740. The van der Waals surface area contributed by atoms with Crippen molar-refractivity contribution in [3.8, 4) is 11.1 Å². The van der Waals surface area contributed by atoms with Crippen molar-refractivity contribution in [2.24, 2.45) is 0 Å². The number of hydrogen-bond donors (Lipinski definition) is 1. The molecule has 1 saturated heterocycles. The molecule has 1 aliphatic heterocycles. The lowest BCUT2D eigenvalue weighted by molar-refractivity contribution is 0.102. The third-order valence-electron chi connectivity index (χ3n) is 6.53. The minimum atomic E-state index is -2.17. The summed E-state index contributed by atoms with van der Waals surface area (Å²) in [5, 5.41) is 2.85. The summed E-state index contributed by atoms with van der Waals surface area (Å²) in [5.41, 5.74) is 3.06. The Morgan fingerprint density at radius 3 is 1.66 bits per heavy atom. The van der Waals surface area contributed by atoms with Crippen LogP contribution in [0.25, 0.3) is 11.1 Å². The lowest BCUT2D eigenvalue weighted by atomic mass is 10.0. The Balaban J connectivity index is 1.20. The molecule has 1 heterocycles. The molecular formula is C29H22F5N3O. The molecule has 4 aromatic carbocycles. The fourth-order valence-electron chi connectivity index (χ4n) is 4.46. The summed E-state index contributed by atoms with van der Waals surface area (Å²) in [4.78, 5) is 15.8. The van der Waals surface area contributed by atoms with Crippen molar-refractivity contribution < 1.29 is 26.7 Å². The molecule has 0 atom stereocenters. The fourth-order valence-corrected chi connectivity index (χ4v) is 4.46. The molecule has 0 unspecified atom stereocenters. The van der Waals surface area contributed by atoms with Crippen molar-refractivity contribution in [2.75, 3.05) is 41.3 Å². The van der Waals surface area contributed by atoms with E-state index in [1.54, 1.807) is 36.4 Å². The van der Waals surface area contributed by atoms with Gasteiger partial charge in [-0.05, 0) is 47.5 Å². The average Bonchev–Trinajstić information content (AvgIpc) is 2.96. The van der Waals surface area contributed by atoms with Gasteiger partial charge in [0.15, 0.2) is 23.3 Å². The maximum absolute atomic E-state index is 14.2. The third-order valence-corrected chi connectivity index (χ3v) is 6.53. The summed E-state index contributed by atoms with van der Waals surface area (Å²) < 4.78 is 68.9. The van der Waals surface area contributed by atoms with Crippen LogP contribution in [0.4, 0.5) is 39.0 Å². The second-order valence-electron chi connectivity index (χ2n) is 8.84. The van der Waals surface area contributed by atoms with E-state index in [0.717, 1.165) is 21.7 Å². The highest BCUT2D eigenvalue weighted by atomic mass is 19.2. The molecule has 38 heavy (non-hydrogen) atoms. The molecule has 1 fully saturated rings.